The summed E-state index contributed by atoms with van der Waals surface area (Å²) in [6.07, 6.45) is 2.53. The molecule has 1 aromatic carbocycles. The number of hydrogen-bond acceptors (Lipinski definition) is 5. The Hall–Kier alpha value is -0.620. The minimum Gasteiger partial charge on any atom is -0.378 e. The van der Waals surface area contributed by atoms with Crippen LogP contribution in [-0.2, 0) is 0 Å². The average Bonchev–Trinajstić information content (AvgIpc) is 2.94. The zero-order chi connectivity index (χ0) is 13.7. The molecule has 7 heteroatoms. The van der Waals surface area contributed by atoms with E-state index < -0.39 is 0 Å². The van der Waals surface area contributed by atoms with Crippen molar-refractivity contribution in [3.05, 3.63) is 16.1 Å². The molecule has 1 unspecified atom stereocenters. The molecule has 3 aliphatic rings. The first-order valence-corrected chi connectivity index (χ1v) is 8.30. The molecule has 2 aromatic rings. The van der Waals surface area contributed by atoms with Gasteiger partial charge in [0.05, 0.1) is 27.5 Å². The van der Waals surface area contributed by atoms with Gasteiger partial charge >= 0.3 is 0 Å². The van der Waals surface area contributed by atoms with Gasteiger partial charge < -0.3 is 10.2 Å². The van der Waals surface area contributed by atoms with Gasteiger partial charge in [0.15, 0.2) is 0 Å². The van der Waals surface area contributed by atoms with Gasteiger partial charge in [0.2, 0.25) is 0 Å². The van der Waals surface area contributed by atoms with Crippen LogP contribution in [0.1, 0.15) is 12.8 Å². The number of fused-ring (bicyclic) bond motifs is 4. The van der Waals surface area contributed by atoms with E-state index in [-0.39, 0.29) is 0 Å². The molecule has 2 bridgehead atoms. The summed E-state index contributed by atoms with van der Waals surface area (Å²) in [4.78, 5) is 2.51. The van der Waals surface area contributed by atoms with Crippen molar-refractivity contribution >= 4 is 51.7 Å². The molecule has 4 nitrogen and oxygen atoms in total. The fourth-order valence-corrected chi connectivity index (χ4v) is 4.49. The van der Waals surface area contributed by atoms with Crippen LogP contribution in [0.5, 0.6) is 0 Å². The van der Waals surface area contributed by atoms with Crippen LogP contribution < -0.4 is 5.32 Å². The van der Waals surface area contributed by atoms with E-state index in [1.54, 1.807) is 6.07 Å². The first-order chi connectivity index (χ1) is 9.72. The maximum atomic E-state index is 6.36. The van der Waals surface area contributed by atoms with Crippen LogP contribution in [0.25, 0.3) is 11.0 Å². The first-order valence-electron chi connectivity index (χ1n) is 6.81. The number of aromatic nitrogens is 2. The highest BCUT2D eigenvalue weighted by atomic mass is 35.5. The Balaban J connectivity index is 1.70. The summed E-state index contributed by atoms with van der Waals surface area (Å²) in [5.74, 6) is 0.730. The molecule has 1 N–H and O–H groups in total. The Morgan fingerprint density at radius 3 is 2.60 bits per heavy atom. The number of nitrogens with zero attached hydrogens (tertiary/aromatic N) is 3. The Morgan fingerprint density at radius 1 is 1.15 bits per heavy atom. The molecule has 0 radical (unpaired) electrons. The molecular formula is C13H14Cl2N4S. The van der Waals surface area contributed by atoms with Crippen molar-refractivity contribution in [1.29, 1.82) is 0 Å². The highest BCUT2D eigenvalue weighted by Crippen LogP contribution is 2.38. The van der Waals surface area contributed by atoms with Crippen LogP contribution in [0.3, 0.4) is 0 Å². The minimum absolute atomic E-state index is 0.445. The Labute approximate surface area is 131 Å². The standard InChI is InChI=1S/C13H14Cl2N4S/c14-8-5-9(15)12-13(18-20-17-12)11(8)16-10-6-19-3-1-7(10)2-4-19/h5,7,10,16H,1-4,6H2. The van der Waals surface area contributed by atoms with Crippen molar-refractivity contribution in [2.45, 2.75) is 18.9 Å². The van der Waals surface area contributed by atoms with E-state index in [9.17, 15) is 0 Å². The van der Waals surface area contributed by atoms with Crippen LogP contribution in [-0.4, -0.2) is 39.3 Å². The fraction of sp³-hybridized carbons (Fsp3) is 0.538. The summed E-state index contributed by atoms with van der Waals surface area (Å²) >= 11 is 13.7. The van der Waals surface area contributed by atoms with E-state index in [2.05, 4.69) is 19.0 Å². The quantitative estimate of drug-likeness (QED) is 0.915. The van der Waals surface area contributed by atoms with E-state index in [1.165, 1.54) is 37.7 Å². The second kappa shape index (κ2) is 4.98. The summed E-state index contributed by atoms with van der Waals surface area (Å²) in [5.41, 5.74) is 2.42. The highest BCUT2D eigenvalue weighted by molar-refractivity contribution is 7.00. The van der Waals surface area contributed by atoms with Crippen LogP contribution >= 0.6 is 34.9 Å². The summed E-state index contributed by atoms with van der Waals surface area (Å²) < 4.78 is 8.60. The number of anilines is 1. The Bertz CT molecular complexity index is 651. The molecule has 3 saturated heterocycles. The third kappa shape index (κ3) is 2.08. The SMILES string of the molecule is Clc1cc(Cl)c2nsnc2c1NC1CN2CCC1CC2. The number of nitrogens with one attached hydrogen (secondary N) is 1. The summed E-state index contributed by atoms with van der Waals surface area (Å²) in [5, 5.41) is 4.81. The summed E-state index contributed by atoms with van der Waals surface area (Å²) in [7, 11) is 0. The molecule has 0 saturated carbocycles. The lowest BCUT2D eigenvalue weighted by molar-refractivity contribution is 0.0976. The fourth-order valence-electron chi connectivity index (χ4n) is 3.33. The number of piperidine rings is 3. The molecule has 0 aliphatic carbocycles. The third-order valence-electron chi connectivity index (χ3n) is 4.43. The summed E-state index contributed by atoms with van der Waals surface area (Å²) in [6.45, 7) is 3.54. The van der Waals surface area contributed by atoms with Gasteiger partial charge in [-0.3, -0.25) is 0 Å². The van der Waals surface area contributed by atoms with E-state index >= 15 is 0 Å². The van der Waals surface area contributed by atoms with Crippen LogP contribution in [0.15, 0.2) is 6.07 Å². The molecule has 3 aliphatic heterocycles. The Kier molecular flexibility index (Phi) is 3.26. The minimum atomic E-state index is 0.445. The second-order valence-corrected chi connectivity index (χ2v) is 6.91. The van der Waals surface area contributed by atoms with Gasteiger partial charge in [0.1, 0.15) is 11.0 Å². The van der Waals surface area contributed by atoms with Gasteiger partial charge in [0, 0.05) is 12.6 Å². The van der Waals surface area contributed by atoms with Gasteiger partial charge in [-0.1, -0.05) is 23.2 Å². The van der Waals surface area contributed by atoms with Crippen molar-refractivity contribution in [2.75, 3.05) is 25.0 Å². The predicted octanol–water partition coefficient (Wildman–Crippen LogP) is 3.50. The number of halogens is 2. The van der Waals surface area contributed by atoms with Crippen molar-refractivity contribution in [1.82, 2.24) is 13.6 Å². The Morgan fingerprint density at radius 2 is 1.90 bits per heavy atom. The smallest absolute Gasteiger partial charge is 0.130 e. The van der Waals surface area contributed by atoms with Crippen molar-refractivity contribution in [2.24, 2.45) is 5.92 Å². The topological polar surface area (TPSA) is 41.1 Å². The maximum absolute atomic E-state index is 6.36. The van der Waals surface area contributed by atoms with Crippen molar-refractivity contribution in [3.63, 3.8) is 0 Å². The van der Waals surface area contributed by atoms with Gasteiger partial charge in [-0.25, -0.2) is 0 Å². The molecule has 1 aromatic heterocycles. The van der Waals surface area contributed by atoms with E-state index in [1.807, 2.05) is 0 Å². The predicted molar refractivity (Wildman–Crippen MR) is 84.0 cm³/mol. The lowest BCUT2D eigenvalue weighted by Gasteiger charge is -2.45. The van der Waals surface area contributed by atoms with Gasteiger partial charge in [-0.2, -0.15) is 8.75 Å². The highest BCUT2D eigenvalue weighted by Gasteiger charge is 2.34. The summed E-state index contributed by atoms with van der Waals surface area (Å²) in [6, 6.07) is 2.21. The lowest BCUT2D eigenvalue weighted by atomic mass is 9.84. The number of rotatable bonds is 2. The lowest BCUT2D eigenvalue weighted by Crippen LogP contribution is -2.53. The molecule has 0 spiro atoms. The monoisotopic (exact) mass is 328 g/mol. The second-order valence-electron chi connectivity index (χ2n) is 5.57. The normalized spacial score (nSPS) is 29.0. The van der Waals surface area contributed by atoms with E-state index in [0.29, 0.717) is 16.1 Å². The maximum Gasteiger partial charge on any atom is 0.130 e. The van der Waals surface area contributed by atoms with Crippen LogP contribution in [0, 0.1) is 5.92 Å². The molecule has 1 atom stereocenters. The van der Waals surface area contributed by atoms with Crippen LogP contribution in [0.4, 0.5) is 5.69 Å². The van der Waals surface area contributed by atoms with Crippen LogP contribution in [0.2, 0.25) is 10.0 Å². The molecule has 106 valence electrons. The first kappa shape index (κ1) is 13.1. The van der Waals surface area contributed by atoms with Crippen molar-refractivity contribution in [3.8, 4) is 0 Å². The van der Waals surface area contributed by atoms with Gasteiger partial charge in [-0.05, 0) is 37.9 Å². The average molecular weight is 329 g/mol. The zero-order valence-corrected chi connectivity index (χ0v) is 13.1. The van der Waals surface area contributed by atoms with Gasteiger partial charge in [0.25, 0.3) is 0 Å². The number of benzene rings is 1. The molecular weight excluding hydrogens is 315 g/mol. The molecule has 4 heterocycles. The van der Waals surface area contributed by atoms with Gasteiger partial charge in [-0.15, -0.1) is 0 Å². The third-order valence-corrected chi connectivity index (χ3v) is 5.54. The molecule has 0 amide bonds. The zero-order valence-electron chi connectivity index (χ0n) is 10.8. The van der Waals surface area contributed by atoms with E-state index in [4.69, 9.17) is 23.2 Å². The molecule has 5 rings (SSSR count). The largest absolute Gasteiger partial charge is 0.378 e. The molecule has 3 fully saturated rings. The molecule has 20 heavy (non-hydrogen) atoms. The number of hydrogen-bond donors (Lipinski definition) is 1. The van der Waals surface area contributed by atoms with Crippen molar-refractivity contribution < 1.29 is 0 Å². The van der Waals surface area contributed by atoms with E-state index in [0.717, 1.165) is 29.2 Å².